The molecule has 0 aliphatic carbocycles. The standard InChI is InChI=1S/C28H21F3N6OS/c29-28(30,31)25-15-24(21-7-4-14-32-17-21)36-37(25)22-10-13-26(33-18-22)35-27(38)20-8-11-23(12-9-20)39-34-16-19-5-2-1-3-6-19/h1-15,17-18,34H,16H2,(H,33,35,38). The number of alkyl halides is 3. The van der Waals surface area contributed by atoms with Crippen molar-refractivity contribution in [2.24, 2.45) is 0 Å². The lowest BCUT2D eigenvalue weighted by Crippen LogP contribution is -2.15. The molecule has 0 atom stereocenters. The number of rotatable bonds is 8. The van der Waals surface area contributed by atoms with Crippen LogP contribution in [-0.2, 0) is 12.7 Å². The first-order chi connectivity index (χ1) is 18.9. The van der Waals surface area contributed by atoms with E-state index in [1.54, 1.807) is 24.3 Å². The van der Waals surface area contributed by atoms with Crippen LogP contribution < -0.4 is 10.0 Å². The Morgan fingerprint density at radius 3 is 2.38 bits per heavy atom. The Balaban J connectivity index is 1.24. The fraction of sp³-hybridized carbons (Fsp3) is 0.0714. The van der Waals surface area contributed by atoms with Crippen LogP contribution in [0.1, 0.15) is 21.6 Å². The van der Waals surface area contributed by atoms with Crippen molar-refractivity contribution < 1.29 is 18.0 Å². The molecule has 0 bridgehead atoms. The van der Waals surface area contributed by atoms with Crippen LogP contribution in [0.3, 0.4) is 0 Å². The molecule has 0 saturated heterocycles. The molecule has 0 radical (unpaired) electrons. The van der Waals surface area contributed by atoms with E-state index in [1.807, 2.05) is 42.5 Å². The number of amides is 1. The fourth-order valence-corrected chi connectivity index (χ4v) is 4.36. The molecule has 2 aromatic carbocycles. The molecule has 11 heteroatoms. The molecule has 3 heterocycles. The maximum absolute atomic E-state index is 13.7. The first-order valence-corrected chi connectivity index (χ1v) is 12.6. The van der Waals surface area contributed by atoms with E-state index in [0.29, 0.717) is 17.7 Å². The van der Waals surface area contributed by atoms with Crippen molar-refractivity contribution in [2.45, 2.75) is 17.6 Å². The summed E-state index contributed by atoms with van der Waals surface area (Å²) in [5.74, 6) is -0.196. The minimum atomic E-state index is -4.64. The van der Waals surface area contributed by atoms with Crippen LogP contribution in [0.5, 0.6) is 0 Å². The molecule has 0 saturated carbocycles. The van der Waals surface area contributed by atoms with Gasteiger partial charge in [0.15, 0.2) is 0 Å². The molecule has 2 N–H and O–H groups in total. The lowest BCUT2D eigenvalue weighted by atomic mass is 10.2. The number of carbonyl (C=O) groups is 1. The van der Waals surface area contributed by atoms with Gasteiger partial charge in [-0.15, -0.1) is 0 Å². The number of hydrogen-bond acceptors (Lipinski definition) is 6. The van der Waals surface area contributed by atoms with Gasteiger partial charge in [-0.1, -0.05) is 30.3 Å². The Kier molecular flexibility index (Phi) is 7.71. The lowest BCUT2D eigenvalue weighted by Gasteiger charge is -2.11. The van der Waals surface area contributed by atoms with Gasteiger partial charge in [0.05, 0.1) is 17.6 Å². The fourth-order valence-electron chi connectivity index (χ4n) is 3.68. The SMILES string of the molecule is O=C(Nc1ccc(-n2nc(-c3cccnc3)cc2C(F)(F)F)cn1)c1ccc(SNCc2ccccc2)cc1. The number of nitrogens with one attached hydrogen (secondary N) is 2. The summed E-state index contributed by atoms with van der Waals surface area (Å²) in [4.78, 5) is 21.7. The quantitative estimate of drug-likeness (QED) is 0.219. The average molecular weight is 547 g/mol. The number of carbonyl (C=O) groups excluding carboxylic acids is 1. The molecule has 7 nitrogen and oxygen atoms in total. The van der Waals surface area contributed by atoms with Crippen LogP contribution in [0, 0.1) is 0 Å². The second-order valence-corrected chi connectivity index (χ2v) is 9.32. The molecule has 0 aliphatic heterocycles. The van der Waals surface area contributed by atoms with Gasteiger partial charge in [0, 0.05) is 35.0 Å². The molecule has 0 unspecified atom stereocenters. The average Bonchev–Trinajstić information content (AvgIpc) is 3.42. The van der Waals surface area contributed by atoms with E-state index in [-0.39, 0.29) is 17.2 Å². The summed E-state index contributed by atoms with van der Waals surface area (Å²) in [5, 5.41) is 6.79. The number of halogens is 3. The van der Waals surface area contributed by atoms with Gasteiger partial charge in [0.25, 0.3) is 5.91 Å². The highest BCUT2D eigenvalue weighted by molar-refractivity contribution is 7.97. The van der Waals surface area contributed by atoms with Gasteiger partial charge in [-0.2, -0.15) is 18.3 Å². The van der Waals surface area contributed by atoms with E-state index in [1.165, 1.54) is 42.7 Å². The van der Waals surface area contributed by atoms with E-state index >= 15 is 0 Å². The molecule has 0 spiro atoms. The Labute approximate surface area is 226 Å². The second kappa shape index (κ2) is 11.5. The predicted octanol–water partition coefficient (Wildman–Crippen LogP) is 6.40. The third-order valence-electron chi connectivity index (χ3n) is 5.62. The third kappa shape index (κ3) is 6.51. The van der Waals surface area contributed by atoms with E-state index < -0.39 is 17.8 Å². The van der Waals surface area contributed by atoms with Gasteiger partial charge >= 0.3 is 6.18 Å². The zero-order valence-corrected chi connectivity index (χ0v) is 21.1. The topological polar surface area (TPSA) is 84.7 Å². The molecule has 5 rings (SSSR count). The van der Waals surface area contributed by atoms with E-state index in [9.17, 15) is 18.0 Å². The number of pyridine rings is 2. The summed E-state index contributed by atoms with van der Waals surface area (Å²) in [6, 6.07) is 24.1. The summed E-state index contributed by atoms with van der Waals surface area (Å²) < 4.78 is 45.2. The molecule has 39 heavy (non-hydrogen) atoms. The van der Waals surface area contributed by atoms with Crippen molar-refractivity contribution in [3.8, 4) is 16.9 Å². The van der Waals surface area contributed by atoms with Gasteiger partial charge in [-0.25, -0.2) is 9.67 Å². The van der Waals surface area contributed by atoms with Crippen molar-refractivity contribution in [3.63, 3.8) is 0 Å². The van der Waals surface area contributed by atoms with Crippen molar-refractivity contribution in [1.29, 1.82) is 0 Å². The maximum atomic E-state index is 13.7. The summed E-state index contributed by atoms with van der Waals surface area (Å²) in [6.07, 6.45) is -0.444. The number of hydrogen-bond donors (Lipinski definition) is 2. The smallest absolute Gasteiger partial charge is 0.307 e. The van der Waals surface area contributed by atoms with Crippen LogP contribution >= 0.6 is 11.9 Å². The van der Waals surface area contributed by atoms with Gasteiger partial charge in [-0.3, -0.25) is 14.5 Å². The first kappa shape index (κ1) is 26.1. The Bertz CT molecular complexity index is 1540. The number of benzene rings is 2. The van der Waals surface area contributed by atoms with Crippen LogP contribution in [0.4, 0.5) is 19.0 Å². The minimum absolute atomic E-state index is 0.0971. The Morgan fingerprint density at radius 2 is 1.72 bits per heavy atom. The molecule has 0 fully saturated rings. The lowest BCUT2D eigenvalue weighted by molar-refractivity contribution is -0.142. The van der Waals surface area contributed by atoms with E-state index in [0.717, 1.165) is 21.2 Å². The number of aromatic nitrogens is 4. The Hall–Kier alpha value is -4.48. The van der Waals surface area contributed by atoms with Gasteiger partial charge in [0.1, 0.15) is 11.5 Å². The van der Waals surface area contributed by atoms with E-state index in [2.05, 4.69) is 25.1 Å². The van der Waals surface area contributed by atoms with Crippen molar-refractivity contribution in [2.75, 3.05) is 5.32 Å². The highest BCUT2D eigenvalue weighted by atomic mass is 32.2. The van der Waals surface area contributed by atoms with Crippen molar-refractivity contribution >= 4 is 23.7 Å². The monoisotopic (exact) mass is 546 g/mol. The van der Waals surface area contributed by atoms with Crippen molar-refractivity contribution in [3.05, 3.63) is 120 Å². The van der Waals surface area contributed by atoms with Gasteiger partial charge < -0.3 is 5.32 Å². The first-order valence-electron chi connectivity index (χ1n) is 11.8. The molecule has 1 amide bonds. The van der Waals surface area contributed by atoms with Crippen LogP contribution in [0.2, 0.25) is 0 Å². The molecule has 5 aromatic rings. The predicted molar refractivity (Wildman–Crippen MR) is 143 cm³/mol. The number of nitrogens with zero attached hydrogens (tertiary/aromatic N) is 4. The highest BCUT2D eigenvalue weighted by Crippen LogP contribution is 2.34. The second-order valence-electron chi connectivity index (χ2n) is 8.35. The largest absolute Gasteiger partial charge is 0.433 e. The van der Waals surface area contributed by atoms with Crippen molar-refractivity contribution in [1.82, 2.24) is 24.5 Å². The molecular formula is C28H21F3N6OS. The van der Waals surface area contributed by atoms with Crippen LogP contribution in [0.15, 0.2) is 108 Å². The van der Waals surface area contributed by atoms with Crippen LogP contribution in [-0.4, -0.2) is 25.7 Å². The van der Waals surface area contributed by atoms with E-state index in [4.69, 9.17) is 0 Å². The number of anilines is 1. The Morgan fingerprint density at radius 1 is 0.923 bits per heavy atom. The summed E-state index contributed by atoms with van der Waals surface area (Å²) in [7, 11) is 0. The minimum Gasteiger partial charge on any atom is -0.307 e. The van der Waals surface area contributed by atoms with Gasteiger partial charge in [-0.05, 0) is 72.1 Å². The summed E-state index contributed by atoms with van der Waals surface area (Å²) in [6.45, 7) is 0.698. The normalized spacial score (nSPS) is 11.4. The molecule has 3 aromatic heterocycles. The summed E-state index contributed by atoms with van der Waals surface area (Å²) >= 11 is 1.46. The maximum Gasteiger partial charge on any atom is 0.433 e. The molecule has 0 aliphatic rings. The van der Waals surface area contributed by atoms with Crippen LogP contribution in [0.25, 0.3) is 16.9 Å². The molecule has 196 valence electrons. The molecular weight excluding hydrogens is 525 g/mol. The zero-order valence-electron chi connectivity index (χ0n) is 20.3. The summed E-state index contributed by atoms with van der Waals surface area (Å²) in [5.41, 5.74) is 1.31. The highest BCUT2D eigenvalue weighted by Gasteiger charge is 2.36. The third-order valence-corrected chi connectivity index (χ3v) is 6.41. The zero-order chi connectivity index (χ0) is 27.2. The van der Waals surface area contributed by atoms with Gasteiger partial charge in [0.2, 0.25) is 0 Å².